The molecule has 0 aliphatic carbocycles. The number of hydrogen-bond acceptors (Lipinski definition) is 3. The molecule has 0 bridgehead atoms. The first-order valence-corrected chi connectivity index (χ1v) is 6.11. The number of rotatable bonds is 1. The van der Waals surface area contributed by atoms with Crippen molar-refractivity contribution in [2.75, 3.05) is 25.9 Å². The van der Waals surface area contributed by atoms with Crippen molar-refractivity contribution < 1.29 is 0 Å². The summed E-state index contributed by atoms with van der Waals surface area (Å²) in [5, 5.41) is 9.13. The molecule has 0 atom stereocenters. The van der Waals surface area contributed by atoms with Crippen LogP contribution in [-0.2, 0) is 0 Å². The van der Waals surface area contributed by atoms with Crippen molar-refractivity contribution in [1.82, 2.24) is 9.47 Å². The molecule has 2 heterocycles. The van der Waals surface area contributed by atoms with E-state index in [-0.39, 0.29) is 0 Å². The first kappa shape index (κ1) is 12.0. The Bertz CT molecular complexity index is 459. The van der Waals surface area contributed by atoms with Crippen LogP contribution in [0.2, 0.25) is 0 Å². The van der Waals surface area contributed by atoms with Crippen LogP contribution in [0.15, 0.2) is 0 Å². The molecule has 0 amide bonds. The predicted molar refractivity (Wildman–Crippen MR) is 68.8 cm³/mol. The van der Waals surface area contributed by atoms with Crippen molar-refractivity contribution in [3.63, 3.8) is 0 Å². The number of aromatic nitrogens is 1. The molecule has 1 aliphatic rings. The molecule has 1 aromatic rings. The number of piperidine rings is 1. The highest BCUT2D eigenvalue weighted by molar-refractivity contribution is 5.58. The molecule has 0 spiro atoms. The van der Waals surface area contributed by atoms with Crippen LogP contribution >= 0.6 is 0 Å². The molecule has 2 N–H and O–H groups in total. The summed E-state index contributed by atoms with van der Waals surface area (Å²) in [7, 11) is 2.15. The van der Waals surface area contributed by atoms with Gasteiger partial charge in [0.15, 0.2) is 0 Å². The van der Waals surface area contributed by atoms with E-state index in [1.54, 1.807) is 0 Å². The summed E-state index contributed by atoms with van der Waals surface area (Å²) in [5.41, 5.74) is 8.94. The van der Waals surface area contributed by atoms with Crippen molar-refractivity contribution in [1.29, 1.82) is 5.26 Å². The van der Waals surface area contributed by atoms with Crippen molar-refractivity contribution in [3.05, 3.63) is 16.8 Å². The lowest BCUT2D eigenvalue weighted by atomic mass is 10.1. The van der Waals surface area contributed by atoms with Crippen LogP contribution in [-0.4, -0.2) is 29.6 Å². The monoisotopic (exact) mass is 232 g/mol. The number of anilines is 1. The largest absolute Gasteiger partial charge is 0.384 e. The van der Waals surface area contributed by atoms with Gasteiger partial charge in [0.25, 0.3) is 0 Å². The fraction of sp³-hybridized carbons (Fsp3) is 0.615. The zero-order valence-electron chi connectivity index (χ0n) is 10.8. The van der Waals surface area contributed by atoms with Gasteiger partial charge in [-0.3, -0.25) is 0 Å². The van der Waals surface area contributed by atoms with Crippen LogP contribution in [0.5, 0.6) is 0 Å². The average Bonchev–Trinajstić information content (AvgIpc) is 2.52. The fourth-order valence-corrected chi connectivity index (χ4v) is 2.72. The molecule has 1 aliphatic heterocycles. The Kier molecular flexibility index (Phi) is 3.12. The van der Waals surface area contributed by atoms with Gasteiger partial charge < -0.3 is 15.2 Å². The van der Waals surface area contributed by atoms with E-state index < -0.39 is 0 Å². The van der Waals surface area contributed by atoms with E-state index in [1.165, 1.54) is 0 Å². The quantitative estimate of drug-likeness (QED) is 0.803. The number of hydrogen-bond donors (Lipinski definition) is 1. The second kappa shape index (κ2) is 4.42. The maximum Gasteiger partial charge on any atom is 0.122 e. The maximum absolute atomic E-state index is 9.13. The highest BCUT2D eigenvalue weighted by Crippen LogP contribution is 2.32. The number of nitrogens with two attached hydrogens (primary N) is 1. The molecule has 0 aromatic carbocycles. The first-order chi connectivity index (χ1) is 8.06. The van der Waals surface area contributed by atoms with Gasteiger partial charge in [-0.05, 0) is 52.4 Å². The molecule has 1 fully saturated rings. The molecular formula is C13H20N4. The number of nitrogens with zero attached hydrogens (tertiary/aromatic N) is 3. The highest BCUT2D eigenvalue weighted by atomic mass is 15.1. The lowest BCUT2D eigenvalue weighted by Gasteiger charge is -2.31. The van der Waals surface area contributed by atoms with Gasteiger partial charge in [0.1, 0.15) is 11.9 Å². The standard InChI is InChI=1S/C13H20N4/c1-9-10(2)17(13(15)12(9)8-14)11-4-6-16(3)7-5-11/h11H,4-7,15H2,1-3H3. The minimum Gasteiger partial charge on any atom is -0.384 e. The van der Waals surface area contributed by atoms with Crippen molar-refractivity contribution in [2.24, 2.45) is 0 Å². The van der Waals surface area contributed by atoms with E-state index in [9.17, 15) is 0 Å². The Labute approximate surface area is 103 Å². The molecule has 4 nitrogen and oxygen atoms in total. The van der Waals surface area contributed by atoms with Gasteiger partial charge in [0, 0.05) is 11.7 Å². The van der Waals surface area contributed by atoms with E-state index in [0.717, 1.165) is 37.2 Å². The van der Waals surface area contributed by atoms with Gasteiger partial charge in [-0.25, -0.2) is 0 Å². The summed E-state index contributed by atoms with van der Waals surface area (Å²) in [6, 6.07) is 2.67. The second-order valence-electron chi connectivity index (χ2n) is 4.99. The summed E-state index contributed by atoms with van der Waals surface area (Å²) in [4.78, 5) is 2.34. The summed E-state index contributed by atoms with van der Waals surface area (Å²) in [6.45, 7) is 6.24. The SMILES string of the molecule is Cc1c(C#N)c(N)n(C2CCN(C)CC2)c1C. The minimum absolute atomic E-state index is 0.451. The van der Waals surface area contributed by atoms with Gasteiger partial charge >= 0.3 is 0 Å². The van der Waals surface area contributed by atoms with Crippen LogP contribution in [0.1, 0.15) is 35.7 Å². The Balaban J connectivity index is 2.37. The molecular weight excluding hydrogens is 212 g/mol. The fourth-order valence-electron chi connectivity index (χ4n) is 2.72. The van der Waals surface area contributed by atoms with E-state index in [4.69, 9.17) is 11.0 Å². The maximum atomic E-state index is 9.13. The Morgan fingerprint density at radius 2 is 1.88 bits per heavy atom. The average molecular weight is 232 g/mol. The van der Waals surface area contributed by atoms with E-state index >= 15 is 0 Å². The van der Waals surface area contributed by atoms with Gasteiger partial charge in [-0.2, -0.15) is 5.26 Å². The molecule has 17 heavy (non-hydrogen) atoms. The summed E-state index contributed by atoms with van der Waals surface area (Å²) in [5.74, 6) is 0.650. The van der Waals surface area contributed by atoms with Crippen molar-refractivity contribution >= 4 is 5.82 Å². The Hall–Kier alpha value is -1.47. The summed E-state index contributed by atoms with van der Waals surface area (Å²) in [6.07, 6.45) is 2.22. The lowest BCUT2D eigenvalue weighted by Crippen LogP contribution is -2.32. The number of likely N-dealkylation sites (tertiary alicyclic amines) is 1. The lowest BCUT2D eigenvalue weighted by molar-refractivity contribution is 0.221. The topological polar surface area (TPSA) is 58.0 Å². The number of nitriles is 1. The van der Waals surface area contributed by atoms with Crippen LogP contribution in [0.25, 0.3) is 0 Å². The molecule has 2 rings (SSSR count). The van der Waals surface area contributed by atoms with Gasteiger partial charge in [-0.15, -0.1) is 0 Å². The highest BCUT2D eigenvalue weighted by Gasteiger charge is 2.24. The first-order valence-electron chi connectivity index (χ1n) is 6.11. The van der Waals surface area contributed by atoms with Crippen LogP contribution in [0, 0.1) is 25.2 Å². The zero-order valence-corrected chi connectivity index (χ0v) is 10.8. The minimum atomic E-state index is 0.451. The van der Waals surface area contributed by atoms with E-state index in [0.29, 0.717) is 17.4 Å². The predicted octanol–water partition coefficient (Wildman–Crippen LogP) is 1.83. The molecule has 92 valence electrons. The van der Waals surface area contributed by atoms with Gasteiger partial charge in [-0.1, -0.05) is 0 Å². The van der Waals surface area contributed by atoms with Crippen LogP contribution < -0.4 is 5.73 Å². The molecule has 0 radical (unpaired) electrons. The summed E-state index contributed by atoms with van der Waals surface area (Å²) < 4.78 is 2.17. The van der Waals surface area contributed by atoms with Crippen molar-refractivity contribution in [3.8, 4) is 6.07 Å². The third-order valence-corrected chi connectivity index (χ3v) is 3.96. The van der Waals surface area contributed by atoms with Crippen molar-refractivity contribution in [2.45, 2.75) is 32.7 Å². The smallest absolute Gasteiger partial charge is 0.122 e. The van der Waals surface area contributed by atoms with Gasteiger partial charge in [0.05, 0.1) is 5.56 Å². The third kappa shape index (κ3) is 1.91. The Morgan fingerprint density at radius 3 is 2.35 bits per heavy atom. The molecule has 0 unspecified atom stereocenters. The van der Waals surface area contributed by atoms with Crippen LogP contribution in [0.4, 0.5) is 5.82 Å². The normalized spacial score (nSPS) is 18.2. The zero-order chi connectivity index (χ0) is 12.6. The van der Waals surface area contributed by atoms with E-state index in [2.05, 4.69) is 29.5 Å². The van der Waals surface area contributed by atoms with E-state index in [1.807, 2.05) is 6.92 Å². The van der Waals surface area contributed by atoms with Gasteiger partial charge in [0.2, 0.25) is 0 Å². The third-order valence-electron chi connectivity index (χ3n) is 3.96. The molecule has 4 heteroatoms. The molecule has 1 saturated heterocycles. The van der Waals surface area contributed by atoms with Crippen LogP contribution in [0.3, 0.4) is 0 Å². The second-order valence-corrected chi connectivity index (χ2v) is 4.99. The number of nitrogen functional groups attached to an aromatic ring is 1. The molecule has 1 aromatic heterocycles. The molecule has 0 saturated carbocycles. The Morgan fingerprint density at radius 1 is 1.29 bits per heavy atom. The summed E-state index contributed by atoms with van der Waals surface area (Å²) >= 11 is 0.